The van der Waals surface area contributed by atoms with E-state index in [0.717, 1.165) is 51.1 Å². The van der Waals surface area contributed by atoms with E-state index >= 15 is 0 Å². The largest absolute Gasteiger partial charge is 0.383 e. The highest BCUT2D eigenvalue weighted by atomic mass is 16.5. The van der Waals surface area contributed by atoms with Gasteiger partial charge in [0.05, 0.1) is 25.4 Å². The Morgan fingerprint density at radius 2 is 2.07 bits per heavy atom. The molecule has 28 heavy (non-hydrogen) atoms. The minimum absolute atomic E-state index is 0.140. The molecular formula is C21H32N4O3. The zero-order valence-corrected chi connectivity index (χ0v) is 17.1. The van der Waals surface area contributed by atoms with Gasteiger partial charge >= 0.3 is 0 Å². The smallest absolute Gasteiger partial charge is 0.236 e. The van der Waals surface area contributed by atoms with Crippen molar-refractivity contribution in [2.45, 2.75) is 32.2 Å². The molecule has 2 aliphatic heterocycles. The highest BCUT2D eigenvalue weighted by Crippen LogP contribution is 2.40. The SMILES string of the molecule is COCCN(C)CC(=O)N1CCC2(CCC(=O)N(Cc3ccccn3)C2)CC1. The molecule has 0 aliphatic carbocycles. The van der Waals surface area contributed by atoms with Crippen molar-refractivity contribution in [3.05, 3.63) is 30.1 Å². The number of carbonyl (C=O) groups is 2. The summed E-state index contributed by atoms with van der Waals surface area (Å²) in [5, 5.41) is 0. The molecule has 0 radical (unpaired) electrons. The molecule has 2 fully saturated rings. The number of piperidine rings is 2. The summed E-state index contributed by atoms with van der Waals surface area (Å²) in [5.74, 6) is 0.403. The van der Waals surface area contributed by atoms with E-state index < -0.39 is 0 Å². The molecule has 154 valence electrons. The molecular weight excluding hydrogens is 356 g/mol. The Balaban J connectivity index is 1.52. The second-order valence-electron chi connectivity index (χ2n) is 8.18. The Hall–Kier alpha value is -1.99. The van der Waals surface area contributed by atoms with Crippen LogP contribution in [0, 0.1) is 5.41 Å². The van der Waals surface area contributed by atoms with Crippen LogP contribution in [0.1, 0.15) is 31.4 Å². The first-order valence-electron chi connectivity index (χ1n) is 10.1. The van der Waals surface area contributed by atoms with Crippen LogP contribution in [0.25, 0.3) is 0 Å². The molecule has 2 amide bonds. The third-order valence-electron chi connectivity index (χ3n) is 6.09. The molecule has 2 aliphatic rings. The number of rotatable bonds is 7. The third-order valence-corrected chi connectivity index (χ3v) is 6.09. The highest BCUT2D eigenvalue weighted by Gasteiger charge is 2.41. The van der Waals surface area contributed by atoms with Crippen molar-refractivity contribution in [3.63, 3.8) is 0 Å². The molecule has 0 atom stereocenters. The molecule has 2 saturated heterocycles. The van der Waals surface area contributed by atoms with Crippen LogP contribution in [-0.2, 0) is 20.9 Å². The van der Waals surface area contributed by atoms with Crippen molar-refractivity contribution < 1.29 is 14.3 Å². The summed E-state index contributed by atoms with van der Waals surface area (Å²) in [6, 6.07) is 5.82. The van der Waals surface area contributed by atoms with Gasteiger partial charge in [-0.05, 0) is 43.9 Å². The van der Waals surface area contributed by atoms with Crippen LogP contribution in [0.4, 0.5) is 0 Å². The second-order valence-corrected chi connectivity index (χ2v) is 8.18. The van der Waals surface area contributed by atoms with E-state index in [2.05, 4.69) is 4.98 Å². The summed E-state index contributed by atoms with van der Waals surface area (Å²) in [6.07, 6.45) is 5.23. The van der Waals surface area contributed by atoms with Gasteiger partial charge in [0.15, 0.2) is 0 Å². The number of likely N-dealkylation sites (tertiary alicyclic amines) is 2. The van der Waals surface area contributed by atoms with Crippen molar-refractivity contribution in [1.82, 2.24) is 19.7 Å². The topological polar surface area (TPSA) is 66.0 Å². The Bertz CT molecular complexity index is 659. The van der Waals surface area contributed by atoms with E-state index in [1.807, 2.05) is 39.9 Å². The first-order chi connectivity index (χ1) is 13.5. The van der Waals surface area contributed by atoms with Crippen LogP contribution < -0.4 is 0 Å². The number of carbonyl (C=O) groups excluding carboxylic acids is 2. The van der Waals surface area contributed by atoms with Gasteiger partial charge in [-0.3, -0.25) is 19.5 Å². The van der Waals surface area contributed by atoms with Crippen LogP contribution in [0.5, 0.6) is 0 Å². The van der Waals surface area contributed by atoms with Crippen molar-refractivity contribution in [3.8, 4) is 0 Å². The number of aromatic nitrogens is 1. The number of pyridine rings is 1. The van der Waals surface area contributed by atoms with Crippen LogP contribution in [-0.4, -0.2) is 85.0 Å². The predicted molar refractivity (Wildman–Crippen MR) is 107 cm³/mol. The van der Waals surface area contributed by atoms with Crippen LogP contribution >= 0.6 is 0 Å². The Morgan fingerprint density at radius 1 is 1.29 bits per heavy atom. The monoisotopic (exact) mass is 388 g/mol. The zero-order valence-electron chi connectivity index (χ0n) is 17.1. The summed E-state index contributed by atoms with van der Waals surface area (Å²) < 4.78 is 5.07. The van der Waals surface area contributed by atoms with Crippen molar-refractivity contribution in [1.29, 1.82) is 0 Å². The van der Waals surface area contributed by atoms with Gasteiger partial charge in [0.1, 0.15) is 0 Å². The molecule has 0 unspecified atom stereocenters. The van der Waals surface area contributed by atoms with E-state index in [1.54, 1.807) is 13.3 Å². The molecule has 1 aromatic heterocycles. The Kier molecular flexibility index (Phi) is 7.02. The molecule has 1 aromatic rings. The fourth-order valence-corrected chi connectivity index (χ4v) is 4.23. The minimum Gasteiger partial charge on any atom is -0.383 e. The molecule has 0 aromatic carbocycles. The van der Waals surface area contributed by atoms with E-state index in [-0.39, 0.29) is 17.2 Å². The normalized spacial score (nSPS) is 19.5. The number of hydrogen-bond acceptors (Lipinski definition) is 5. The minimum atomic E-state index is 0.140. The zero-order chi connectivity index (χ0) is 20.0. The summed E-state index contributed by atoms with van der Waals surface area (Å²) >= 11 is 0. The molecule has 3 heterocycles. The van der Waals surface area contributed by atoms with E-state index in [0.29, 0.717) is 26.1 Å². The maximum absolute atomic E-state index is 12.6. The van der Waals surface area contributed by atoms with Crippen molar-refractivity contribution in [2.24, 2.45) is 5.41 Å². The number of methoxy groups -OCH3 is 1. The van der Waals surface area contributed by atoms with Crippen LogP contribution in [0.3, 0.4) is 0 Å². The third kappa shape index (κ3) is 5.29. The first-order valence-corrected chi connectivity index (χ1v) is 10.1. The molecule has 7 heteroatoms. The molecule has 1 spiro atoms. The van der Waals surface area contributed by atoms with Crippen molar-refractivity contribution >= 4 is 11.8 Å². The average Bonchev–Trinajstić information content (AvgIpc) is 2.70. The molecule has 0 N–H and O–H groups in total. The molecule has 7 nitrogen and oxygen atoms in total. The Labute approximate surface area is 167 Å². The lowest BCUT2D eigenvalue weighted by Crippen LogP contribution is -2.53. The summed E-state index contributed by atoms with van der Waals surface area (Å²) in [5.41, 5.74) is 1.07. The quantitative estimate of drug-likeness (QED) is 0.706. The maximum atomic E-state index is 12.6. The fraction of sp³-hybridized carbons (Fsp3) is 0.667. The number of amides is 2. The van der Waals surface area contributed by atoms with Gasteiger partial charge in [-0.1, -0.05) is 6.07 Å². The number of likely N-dealkylation sites (N-methyl/N-ethyl adjacent to an activating group) is 1. The van der Waals surface area contributed by atoms with Crippen molar-refractivity contribution in [2.75, 3.05) is 53.5 Å². The lowest BCUT2D eigenvalue weighted by molar-refractivity contribution is -0.143. The summed E-state index contributed by atoms with van der Waals surface area (Å²) in [7, 11) is 3.62. The van der Waals surface area contributed by atoms with Gasteiger partial charge in [0.25, 0.3) is 0 Å². The average molecular weight is 389 g/mol. The van der Waals surface area contributed by atoms with Gasteiger partial charge in [0, 0.05) is 45.9 Å². The van der Waals surface area contributed by atoms with Crippen LogP contribution in [0.2, 0.25) is 0 Å². The van der Waals surface area contributed by atoms with E-state index in [4.69, 9.17) is 4.74 Å². The molecule has 0 bridgehead atoms. The lowest BCUT2D eigenvalue weighted by Gasteiger charge is -2.47. The maximum Gasteiger partial charge on any atom is 0.236 e. The summed E-state index contributed by atoms with van der Waals surface area (Å²) in [4.78, 5) is 35.3. The lowest BCUT2D eigenvalue weighted by atomic mass is 9.72. The van der Waals surface area contributed by atoms with Gasteiger partial charge in [-0.25, -0.2) is 0 Å². The Morgan fingerprint density at radius 3 is 2.75 bits per heavy atom. The second kappa shape index (κ2) is 9.47. The molecule has 3 rings (SSSR count). The van der Waals surface area contributed by atoms with Gasteiger partial charge in [-0.15, -0.1) is 0 Å². The highest BCUT2D eigenvalue weighted by molar-refractivity contribution is 5.78. The van der Waals surface area contributed by atoms with E-state index in [9.17, 15) is 9.59 Å². The standard InChI is InChI=1S/C21H32N4O3/c1-23(13-14-28-2)16-20(27)24-11-8-21(9-12-24)7-6-19(26)25(17-21)15-18-5-3-4-10-22-18/h3-5,10H,6-9,11-17H2,1-2H3. The number of ether oxygens (including phenoxy) is 1. The number of nitrogens with zero attached hydrogens (tertiary/aromatic N) is 4. The van der Waals surface area contributed by atoms with Crippen LogP contribution in [0.15, 0.2) is 24.4 Å². The predicted octanol–water partition coefficient (Wildman–Crippen LogP) is 1.39. The fourth-order valence-electron chi connectivity index (χ4n) is 4.23. The molecule has 0 saturated carbocycles. The number of hydrogen-bond donors (Lipinski definition) is 0. The van der Waals surface area contributed by atoms with Gasteiger partial charge < -0.3 is 14.5 Å². The van der Waals surface area contributed by atoms with Gasteiger partial charge in [0.2, 0.25) is 11.8 Å². The first kappa shape index (κ1) is 20.7. The van der Waals surface area contributed by atoms with Gasteiger partial charge in [-0.2, -0.15) is 0 Å². The summed E-state index contributed by atoms with van der Waals surface area (Å²) in [6.45, 7) is 4.73. The van der Waals surface area contributed by atoms with E-state index in [1.165, 1.54) is 0 Å².